The number of nitrogens with one attached hydrogen (secondary N) is 3. The number of halogens is 2. The highest BCUT2D eigenvalue weighted by Crippen LogP contribution is 2.35. The third-order valence-corrected chi connectivity index (χ3v) is 10.8. The number of hydrogen-bond acceptors (Lipinski definition) is 11. The molecule has 0 radical (unpaired) electrons. The Morgan fingerprint density at radius 3 is 1.65 bits per heavy atom. The van der Waals surface area contributed by atoms with Gasteiger partial charge in [-0.25, -0.2) is 19.6 Å². The summed E-state index contributed by atoms with van der Waals surface area (Å²) in [6.45, 7) is 4.98. The van der Waals surface area contributed by atoms with Gasteiger partial charge in [0, 0.05) is 62.8 Å². The summed E-state index contributed by atoms with van der Waals surface area (Å²) >= 11 is 12.6. The van der Waals surface area contributed by atoms with E-state index >= 15 is 0 Å². The maximum atomic E-state index is 12.9. The molecule has 4 aromatic rings. The van der Waals surface area contributed by atoms with Crippen LogP contribution in [-0.2, 0) is 13.1 Å². The predicted molar refractivity (Wildman–Crippen MR) is 215 cm³/mol. The van der Waals surface area contributed by atoms with Gasteiger partial charge in [0.05, 0.1) is 47.1 Å². The molecule has 3 N–H and O–H groups in total. The molecule has 0 atom stereocenters. The lowest BCUT2D eigenvalue weighted by molar-refractivity contribution is 0.242. The van der Waals surface area contributed by atoms with Gasteiger partial charge in [-0.3, -0.25) is 24.5 Å². The third-order valence-electron chi connectivity index (χ3n) is 10.2. The van der Waals surface area contributed by atoms with E-state index in [-0.39, 0.29) is 18.1 Å². The number of carbonyl (C=O) groups is 2. The highest BCUT2D eigenvalue weighted by molar-refractivity contribution is 6.34. The molecule has 4 aliphatic heterocycles. The number of fused-ring (bicyclic) bond motifs is 2. The minimum Gasteiger partial charge on any atom is -0.351 e. The molecule has 2 aromatic heterocycles. The molecule has 0 aliphatic carbocycles. The number of carbonyl (C=O) groups excluding carboxylic acids is 2. The molecule has 6 heterocycles. The van der Waals surface area contributed by atoms with Crippen molar-refractivity contribution in [2.45, 2.75) is 50.9 Å². The maximum Gasteiger partial charge on any atom is 0.330 e. The van der Waals surface area contributed by atoms with E-state index in [0.717, 1.165) is 63.0 Å². The first-order valence-corrected chi connectivity index (χ1v) is 19.1. The van der Waals surface area contributed by atoms with Gasteiger partial charge in [0.1, 0.15) is 11.6 Å². The molecule has 4 amide bonds. The molecule has 0 saturated carbocycles. The zero-order valence-electron chi connectivity index (χ0n) is 30.8. The van der Waals surface area contributed by atoms with Gasteiger partial charge in [-0.15, -0.1) is 0 Å². The fourth-order valence-electron chi connectivity index (χ4n) is 7.14. The summed E-state index contributed by atoms with van der Waals surface area (Å²) in [5.74, 6) is 2.34. The molecular weight excluding hydrogens is 741 g/mol. The van der Waals surface area contributed by atoms with Gasteiger partial charge < -0.3 is 16.0 Å². The first kappa shape index (κ1) is 38.0. The number of urea groups is 2. The van der Waals surface area contributed by atoms with Gasteiger partial charge in [-0.05, 0) is 63.0 Å². The fraction of sp³-hybridized carbons (Fsp3) is 0.395. The van der Waals surface area contributed by atoms with E-state index in [2.05, 4.69) is 46.9 Å². The molecule has 2 fully saturated rings. The van der Waals surface area contributed by atoms with Gasteiger partial charge in [-0.1, -0.05) is 47.5 Å². The van der Waals surface area contributed by atoms with Crippen LogP contribution in [0, 0.1) is 11.3 Å². The zero-order chi connectivity index (χ0) is 38.5. The number of para-hydroxylation sites is 2. The van der Waals surface area contributed by atoms with Crippen LogP contribution < -0.4 is 35.6 Å². The molecule has 17 heteroatoms. The third kappa shape index (κ3) is 8.52. The Bertz CT molecular complexity index is 2070. The van der Waals surface area contributed by atoms with Gasteiger partial charge in [-0.2, -0.15) is 15.2 Å². The van der Waals surface area contributed by atoms with Gasteiger partial charge in [0.25, 0.3) is 0 Å². The fourth-order valence-corrected chi connectivity index (χ4v) is 7.62. The van der Waals surface area contributed by atoms with Crippen molar-refractivity contribution < 1.29 is 9.59 Å². The van der Waals surface area contributed by atoms with Crippen molar-refractivity contribution in [3.63, 3.8) is 0 Å². The number of amides is 4. The lowest BCUT2D eigenvalue weighted by Crippen LogP contribution is -2.46. The summed E-state index contributed by atoms with van der Waals surface area (Å²) in [6.07, 6.45) is 7.49. The maximum absolute atomic E-state index is 12.9. The van der Waals surface area contributed by atoms with Gasteiger partial charge >= 0.3 is 12.1 Å². The zero-order valence-corrected chi connectivity index (χ0v) is 32.3. The second-order valence-electron chi connectivity index (χ2n) is 13.9. The Balaban J connectivity index is 0.000000170. The van der Waals surface area contributed by atoms with Gasteiger partial charge in [0.2, 0.25) is 11.9 Å². The summed E-state index contributed by atoms with van der Waals surface area (Å²) in [5.41, 5.74) is 3.11. The van der Waals surface area contributed by atoms with E-state index < -0.39 is 0 Å². The first-order valence-electron chi connectivity index (χ1n) is 18.3. The van der Waals surface area contributed by atoms with E-state index in [0.29, 0.717) is 70.6 Å². The van der Waals surface area contributed by atoms with E-state index in [1.54, 1.807) is 53.3 Å². The Morgan fingerprint density at radius 1 is 0.745 bits per heavy atom. The Kier molecular flexibility index (Phi) is 11.8. The smallest absolute Gasteiger partial charge is 0.330 e. The molecule has 286 valence electrons. The average molecular weight is 785 g/mol. The SMILES string of the molecule is CN1C(=O)N(c2ccccc2Cl)Cc2cnc(NC3CCN(CC#N)CC3)nc21.CN1C(=O)N(c2ccccc2Cl)Cc2cnc(NC3CCNCC3)nc21. The van der Waals surface area contributed by atoms with Gasteiger partial charge in [0.15, 0.2) is 0 Å². The van der Waals surface area contributed by atoms with Crippen LogP contribution in [0.5, 0.6) is 0 Å². The number of anilines is 6. The predicted octanol–water partition coefficient (Wildman–Crippen LogP) is 5.98. The van der Waals surface area contributed by atoms with Crippen LogP contribution in [0.2, 0.25) is 10.0 Å². The van der Waals surface area contributed by atoms with Crippen LogP contribution in [0.3, 0.4) is 0 Å². The number of benzene rings is 2. The quantitative estimate of drug-likeness (QED) is 0.189. The summed E-state index contributed by atoms with van der Waals surface area (Å²) in [6, 6.07) is 17.1. The molecule has 2 aromatic carbocycles. The number of hydrogen-bond donors (Lipinski definition) is 3. The lowest BCUT2D eigenvalue weighted by atomic mass is 10.1. The van der Waals surface area contributed by atoms with Crippen molar-refractivity contribution in [2.24, 2.45) is 0 Å². The van der Waals surface area contributed by atoms with Crippen molar-refractivity contribution in [2.75, 3.05) is 77.1 Å². The number of nitriles is 1. The standard InChI is InChI=1S/C20H22ClN7O.C18H21ClN6O/c1-26-18-14(13-28(20(26)29)17-5-3-2-4-16(17)21)12-23-19(25-18)24-15-6-9-27(10-7-15)11-8-22;1-24-16-12(10-21-17(23-16)22-13-6-8-20-9-7-13)11-25(18(24)26)15-5-3-2-4-14(15)19/h2-5,12,15H,6-7,9-11,13H2,1H3,(H,23,24,25);2-5,10,13,20H,6-9,11H2,1H3,(H,21,22,23). The largest absolute Gasteiger partial charge is 0.351 e. The van der Waals surface area contributed by atoms with Crippen LogP contribution in [0.15, 0.2) is 60.9 Å². The summed E-state index contributed by atoms with van der Waals surface area (Å²) in [5, 5.41) is 20.0. The highest BCUT2D eigenvalue weighted by atomic mass is 35.5. The molecule has 55 heavy (non-hydrogen) atoms. The Morgan fingerprint density at radius 2 is 1.20 bits per heavy atom. The number of rotatable bonds is 7. The number of nitrogens with zero attached hydrogens (tertiary/aromatic N) is 10. The molecule has 0 unspecified atom stereocenters. The Labute approximate surface area is 330 Å². The monoisotopic (exact) mass is 783 g/mol. The first-order chi connectivity index (χ1) is 26.7. The second-order valence-corrected chi connectivity index (χ2v) is 14.7. The highest BCUT2D eigenvalue weighted by Gasteiger charge is 2.33. The number of piperidine rings is 2. The van der Waals surface area contributed by atoms with Crippen LogP contribution in [0.25, 0.3) is 0 Å². The number of aromatic nitrogens is 4. The molecule has 4 aliphatic rings. The van der Waals surface area contributed by atoms with Crippen molar-refractivity contribution in [3.05, 3.63) is 82.1 Å². The second kappa shape index (κ2) is 17.0. The molecular formula is C38H43Cl2N13O2. The van der Waals surface area contributed by atoms with E-state index in [4.69, 9.17) is 28.5 Å². The van der Waals surface area contributed by atoms with Crippen LogP contribution in [0.4, 0.5) is 44.5 Å². The molecule has 0 bridgehead atoms. The van der Waals surface area contributed by atoms with Crippen molar-refractivity contribution in [1.29, 1.82) is 5.26 Å². The van der Waals surface area contributed by atoms with Crippen molar-refractivity contribution >= 4 is 70.2 Å². The van der Waals surface area contributed by atoms with E-state index in [9.17, 15) is 9.59 Å². The summed E-state index contributed by atoms with van der Waals surface area (Å²) in [4.78, 5) is 52.4. The molecule has 8 rings (SSSR count). The minimum absolute atomic E-state index is 0.155. The van der Waals surface area contributed by atoms with Crippen LogP contribution in [-0.4, -0.2) is 95.8 Å². The van der Waals surface area contributed by atoms with Crippen LogP contribution >= 0.6 is 23.2 Å². The Hall–Kier alpha value is -5.27. The van der Waals surface area contributed by atoms with E-state index in [1.165, 1.54) is 4.90 Å². The molecule has 0 spiro atoms. The number of likely N-dealkylation sites (tertiary alicyclic amines) is 1. The van der Waals surface area contributed by atoms with E-state index in [1.807, 2.05) is 36.4 Å². The topological polar surface area (TPSA) is 162 Å². The molecule has 15 nitrogen and oxygen atoms in total. The van der Waals surface area contributed by atoms with Crippen LogP contribution in [0.1, 0.15) is 36.8 Å². The minimum atomic E-state index is -0.180. The normalized spacial score (nSPS) is 17.9. The average Bonchev–Trinajstić information content (AvgIpc) is 3.20. The van der Waals surface area contributed by atoms with Crippen molar-refractivity contribution in [1.82, 2.24) is 30.2 Å². The summed E-state index contributed by atoms with van der Waals surface area (Å²) < 4.78 is 0. The lowest BCUT2D eigenvalue weighted by Gasteiger charge is -2.35. The summed E-state index contributed by atoms with van der Waals surface area (Å²) in [7, 11) is 3.44. The molecule has 2 saturated heterocycles. The van der Waals surface area contributed by atoms with Crippen molar-refractivity contribution in [3.8, 4) is 6.07 Å².